The standard InChI is InChI=1S/C15H12F16/c1-3-5-6-7-9(18,19)11(22,23)13(26,27)15(30,31)14(28,29)12(24,25)10(20,21)8(16,17)4-2/h3-5H,2,6-7H2,1H3. The van der Waals surface area contributed by atoms with Gasteiger partial charge < -0.3 is 0 Å². The van der Waals surface area contributed by atoms with Crippen LogP contribution in [-0.4, -0.2) is 47.4 Å². The van der Waals surface area contributed by atoms with Crippen molar-refractivity contribution in [3.05, 3.63) is 24.8 Å². The van der Waals surface area contributed by atoms with Crippen molar-refractivity contribution in [2.75, 3.05) is 0 Å². The fourth-order valence-corrected chi connectivity index (χ4v) is 1.94. The first-order chi connectivity index (χ1) is 13.4. The smallest absolute Gasteiger partial charge is 0.200 e. The Kier molecular flexibility index (Phi) is 7.62. The van der Waals surface area contributed by atoms with Gasteiger partial charge in [0.1, 0.15) is 0 Å². The molecule has 0 aromatic heterocycles. The highest BCUT2D eigenvalue weighted by Gasteiger charge is 2.94. The highest BCUT2D eigenvalue weighted by Crippen LogP contribution is 2.64. The lowest BCUT2D eigenvalue weighted by Crippen LogP contribution is -2.74. The molecule has 0 heterocycles. The van der Waals surface area contributed by atoms with Crippen molar-refractivity contribution in [1.29, 1.82) is 0 Å². The molecule has 184 valence electrons. The molecule has 0 N–H and O–H groups in total. The molecule has 16 heteroatoms. The molecule has 0 aliphatic rings. The van der Waals surface area contributed by atoms with Crippen molar-refractivity contribution in [3.63, 3.8) is 0 Å². The van der Waals surface area contributed by atoms with Gasteiger partial charge in [0.05, 0.1) is 0 Å². The average molecular weight is 496 g/mol. The van der Waals surface area contributed by atoms with E-state index in [1.54, 1.807) is 0 Å². The maximum Gasteiger partial charge on any atom is 0.385 e. The molecule has 0 fully saturated rings. The highest BCUT2D eigenvalue weighted by atomic mass is 19.4. The third-order valence-corrected chi connectivity index (χ3v) is 3.97. The summed E-state index contributed by atoms with van der Waals surface area (Å²) >= 11 is 0. The molecule has 0 aromatic rings. The van der Waals surface area contributed by atoms with Crippen molar-refractivity contribution >= 4 is 0 Å². The second-order valence-corrected chi connectivity index (χ2v) is 6.09. The Morgan fingerprint density at radius 1 is 0.548 bits per heavy atom. The van der Waals surface area contributed by atoms with Crippen molar-refractivity contribution in [2.24, 2.45) is 0 Å². The molecule has 0 aliphatic heterocycles. The van der Waals surface area contributed by atoms with E-state index in [-0.39, 0.29) is 0 Å². The molecular formula is C15H12F16. The zero-order valence-corrected chi connectivity index (χ0v) is 14.9. The minimum Gasteiger partial charge on any atom is -0.200 e. The molecule has 0 saturated carbocycles. The topological polar surface area (TPSA) is 0 Å². The number of hydrogen-bond acceptors (Lipinski definition) is 0. The molecule has 0 atom stereocenters. The normalized spacial score (nSPS) is 16.2. The summed E-state index contributed by atoms with van der Waals surface area (Å²) in [5, 5.41) is 0. The van der Waals surface area contributed by atoms with Gasteiger partial charge in [-0.25, -0.2) is 0 Å². The summed E-state index contributed by atoms with van der Waals surface area (Å²) in [6.45, 7) is 2.96. The van der Waals surface area contributed by atoms with Crippen LogP contribution < -0.4 is 0 Å². The minimum absolute atomic E-state index is 0.626. The van der Waals surface area contributed by atoms with Crippen LogP contribution >= 0.6 is 0 Å². The summed E-state index contributed by atoms with van der Waals surface area (Å²) in [5.41, 5.74) is 0. The van der Waals surface area contributed by atoms with E-state index in [4.69, 9.17) is 0 Å². The number of halogens is 16. The third-order valence-electron chi connectivity index (χ3n) is 3.97. The first-order valence-corrected chi connectivity index (χ1v) is 7.64. The van der Waals surface area contributed by atoms with Crippen LogP contribution in [0.1, 0.15) is 19.8 Å². The fraction of sp³-hybridized carbons (Fsp3) is 0.733. The van der Waals surface area contributed by atoms with Crippen LogP contribution in [0.2, 0.25) is 0 Å². The summed E-state index contributed by atoms with van der Waals surface area (Å²) in [6.07, 6.45) is -3.50. The van der Waals surface area contributed by atoms with Crippen molar-refractivity contribution in [3.8, 4) is 0 Å². The van der Waals surface area contributed by atoms with Crippen LogP contribution in [-0.2, 0) is 0 Å². The molecule has 0 aliphatic carbocycles. The second kappa shape index (κ2) is 8.05. The lowest BCUT2D eigenvalue weighted by atomic mass is 9.87. The van der Waals surface area contributed by atoms with Crippen molar-refractivity contribution in [1.82, 2.24) is 0 Å². The first-order valence-electron chi connectivity index (χ1n) is 7.64. The van der Waals surface area contributed by atoms with Gasteiger partial charge in [-0.15, -0.1) is 0 Å². The largest absolute Gasteiger partial charge is 0.385 e. The summed E-state index contributed by atoms with van der Waals surface area (Å²) in [7, 11) is 0. The minimum atomic E-state index is -8.39. The van der Waals surface area contributed by atoms with E-state index in [9.17, 15) is 70.2 Å². The zero-order chi connectivity index (χ0) is 25.5. The van der Waals surface area contributed by atoms with Crippen LogP contribution in [0.5, 0.6) is 0 Å². The van der Waals surface area contributed by atoms with E-state index in [0.717, 1.165) is 13.0 Å². The number of hydrogen-bond donors (Lipinski definition) is 0. The van der Waals surface area contributed by atoms with E-state index >= 15 is 0 Å². The van der Waals surface area contributed by atoms with Crippen LogP contribution in [0.15, 0.2) is 24.8 Å². The SMILES string of the molecule is C=CC(F)(F)C(F)(F)C(F)(F)C(F)(F)C(F)(F)C(F)(F)C(F)(F)C(F)(F)CCC=CC. The van der Waals surface area contributed by atoms with E-state index in [2.05, 4.69) is 0 Å². The molecule has 0 bridgehead atoms. The number of allylic oxidation sites excluding steroid dienone is 3. The summed E-state index contributed by atoms with van der Waals surface area (Å²) in [5.74, 6) is -60.8. The van der Waals surface area contributed by atoms with Crippen LogP contribution in [0.3, 0.4) is 0 Å². The Balaban J connectivity index is 6.63. The van der Waals surface area contributed by atoms with Crippen LogP contribution in [0.25, 0.3) is 0 Å². The maximum atomic E-state index is 13.5. The van der Waals surface area contributed by atoms with E-state index < -0.39 is 66.3 Å². The highest BCUT2D eigenvalue weighted by molar-refractivity contribution is 5.17. The Bertz CT molecular complexity index is 673. The van der Waals surface area contributed by atoms with Gasteiger partial charge >= 0.3 is 47.4 Å². The lowest BCUT2D eigenvalue weighted by molar-refractivity contribution is -0.450. The zero-order valence-electron chi connectivity index (χ0n) is 14.9. The van der Waals surface area contributed by atoms with E-state index in [1.807, 2.05) is 6.58 Å². The quantitative estimate of drug-likeness (QED) is 0.204. The monoisotopic (exact) mass is 496 g/mol. The molecular weight excluding hydrogens is 484 g/mol. The molecule has 0 unspecified atom stereocenters. The number of alkyl halides is 16. The van der Waals surface area contributed by atoms with Crippen LogP contribution in [0.4, 0.5) is 70.2 Å². The van der Waals surface area contributed by atoms with Gasteiger partial charge in [-0.1, -0.05) is 18.7 Å². The molecule has 0 rings (SSSR count). The Morgan fingerprint density at radius 3 is 1.19 bits per heavy atom. The third kappa shape index (κ3) is 3.98. The molecule has 31 heavy (non-hydrogen) atoms. The van der Waals surface area contributed by atoms with Crippen molar-refractivity contribution in [2.45, 2.75) is 67.1 Å². The number of rotatable bonds is 11. The molecule has 0 radical (unpaired) electrons. The Morgan fingerprint density at radius 2 is 0.871 bits per heavy atom. The average Bonchev–Trinajstić information content (AvgIpc) is 2.60. The first kappa shape index (κ1) is 29.4. The molecule has 0 spiro atoms. The fourth-order valence-electron chi connectivity index (χ4n) is 1.94. The Hall–Kier alpha value is -1.64. The molecule has 0 aromatic carbocycles. The van der Waals surface area contributed by atoms with Gasteiger partial charge in [0, 0.05) is 6.42 Å². The second-order valence-electron chi connectivity index (χ2n) is 6.09. The van der Waals surface area contributed by atoms with Gasteiger partial charge in [0.25, 0.3) is 0 Å². The lowest BCUT2D eigenvalue weighted by Gasteiger charge is -2.43. The Labute approximate surface area is 163 Å². The van der Waals surface area contributed by atoms with Crippen molar-refractivity contribution < 1.29 is 70.2 Å². The van der Waals surface area contributed by atoms with Crippen LogP contribution in [0, 0.1) is 0 Å². The predicted octanol–water partition coefficient (Wildman–Crippen LogP) is 7.61. The molecule has 0 saturated heterocycles. The molecule has 0 amide bonds. The molecule has 0 nitrogen and oxygen atoms in total. The van der Waals surface area contributed by atoms with E-state index in [1.165, 1.54) is 0 Å². The predicted molar refractivity (Wildman–Crippen MR) is 73.8 cm³/mol. The van der Waals surface area contributed by atoms with Gasteiger partial charge in [-0.3, -0.25) is 0 Å². The van der Waals surface area contributed by atoms with E-state index in [0.29, 0.717) is 6.08 Å². The summed E-state index contributed by atoms with van der Waals surface area (Å²) < 4.78 is 213. The summed E-state index contributed by atoms with van der Waals surface area (Å²) in [4.78, 5) is 0. The summed E-state index contributed by atoms with van der Waals surface area (Å²) in [6, 6.07) is 0. The van der Waals surface area contributed by atoms with Gasteiger partial charge in [-0.05, 0) is 19.4 Å². The van der Waals surface area contributed by atoms with Gasteiger partial charge in [-0.2, -0.15) is 70.2 Å². The maximum absolute atomic E-state index is 13.5. The van der Waals surface area contributed by atoms with Gasteiger partial charge in [0.15, 0.2) is 0 Å². The van der Waals surface area contributed by atoms with Gasteiger partial charge in [0.2, 0.25) is 0 Å².